The zero-order valence-electron chi connectivity index (χ0n) is 9.76. The number of nitrogens with zero attached hydrogens (tertiary/aromatic N) is 3. The molecule has 92 valence electrons. The molecule has 0 atom stereocenters. The fourth-order valence-corrected chi connectivity index (χ4v) is 1.75. The van der Waals surface area contributed by atoms with E-state index in [0.717, 1.165) is 10.9 Å². The molecule has 0 bridgehead atoms. The third-order valence-corrected chi connectivity index (χ3v) is 2.62. The maximum atomic E-state index is 11.9. The second-order valence-corrected chi connectivity index (χ2v) is 3.81. The number of benzene rings is 1. The van der Waals surface area contributed by atoms with Crippen molar-refractivity contribution in [1.82, 2.24) is 10.3 Å². The number of para-hydroxylation sites is 1. The predicted molar refractivity (Wildman–Crippen MR) is 69.3 cm³/mol. The minimum Gasteiger partial charge on any atom is -0.360 e. The molecule has 0 spiro atoms. The van der Waals surface area contributed by atoms with E-state index in [9.17, 15) is 4.79 Å². The number of H-pyrrole nitrogens is 1. The molecule has 0 aliphatic heterocycles. The Morgan fingerprint density at radius 1 is 1.44 bits per heavy atom. The first-order valence-electron chi connectivity index (χ1n) is 5.68. The van der Waals surface area contributed by atoms with Gasteiger partial charge < -0.3 is 10.3 Å². The van der Waals surface area contributed by atoms with Crippen LogP contribution in [0.15, 0.2) is 35.6 Å². The van der Waals surface area contributed by atoms with Crippen LogP contribution in [0.25, 0.3) is 21.3 Å². The lowest BCUT2D eigenvalue weighted by Crippen LogP contribution is -2.24. The fraction of sp³-hybridized carbons (Fsp3) is 0.250. The largest absolute Gasteiger partial charge is 0.360 e. The lowest BCUT2D eigenvalue weighted by molar-refractivity contribution is 0.0955. The van der Waals surface area contributed by atoms with E-state index >= 15 is 0 Å². The lowest BCUT2D eigenvalue weighted by atomic mass is 10.1. The summed E-state index contributed by atoms with van der Waals surface area (Å²) in [6.07, 6.45) is 2.34. The Bertz CT molecular complexity index is 597. The molecule has 1 aromatic heterocycles. The molecule has 0 saturated carbocycles. The molecule has 2 rings (SSSR count). The Hall–Kier alpha value is -2.46. The van der Waals surface area contributed by atoms with Crippen LogP contribution in [-0.4, -0.2) is 24.0 Å². The molecular formula is C12H13N5O. The summed E-state index contributed by atoms with van der Waals surface area (Å²) in [5.74, 6) is -0.117. The van der Waals surface area contributed by atoms with E-state index in [4.69, 9.17) is 5.53 Å². The van der Waals surface area contributed by atoms with Crippen molar-refractivity contribution < 1.29 is 4.79 Å². The third-order valence-electron chi connectivity index (χ3n) is 2.62. The number of amides is 1. The molecule has 0 radical (unpaired) electrons. The maximum Gasteiger partial charge on any atom is 0.253 e. The van der Waals surface area contributed by atoms with Gasteiger partial charge in [0.05, 0.1) is 5.56 Å². The second kappa shape index (κ2) is 5.75. The Labute approximate surface area is 104 Å². The van der Waals surface area contributed by atoms with Crippen molar-refractivity contribution >= 4 is 16.8 Å². The average molecular weight is 243 g/mol. The Balaban J connectivity index is 1.98. The van der Waals surface area contributed by atoms with Gasteiger partial charge in [-0.25, -0.2) is 0 Å². The summed E-state index contributed by atoms with van der Waals surface area (Å²) < 4.78 is 0. The summed E-state index contributed by atoms with van der Waals surface area (Å²) in [6.45, 7) is 0.891. The van der Waals surface area contributed by atoms with Crippen molar-refractivity contribution in [3.05, 3.63) is 46.5 Å². The van der Waals surface area contributed by atoms with Crippen LogP contribution < -0.4 is 5.32 Å². The van der Waals surface area contributed by atoms with E-state index in [-0.39, 0.29) is 5.91 Å². The van der Waals surface area contributed by atoms with Crippen molar-refractivity contribution in [2.45, 2.75) is 6.42 Å². The van der Waals surface area contributed by atoms with Gasteiger partial charge in [0.15, 0.2) is 0 Å². The van der Waals surface area contributed by atoms with Gasteiger partial charge in [0.2, 0.25) is 0 Å². The summed E-state index contributed by atoms with van der Waals surface area (Å²) in [4.78, 5) is 17.6. The molecule has 1 amide bonds. The quantitative estimate of drug-likeness (QED) is 0.359. The van der Waals surface area contributed by atoms with Crippen LogP contribution in [0.5, 0.6) is 0 Å². The summed E-state index contributed by atoms with van der Waals surface area (Å²) >= 11 is 0. The molecule has 1 aromatic carbocycles. The van der Waals surface area contributed by atoms with Crippen LogP contribution in [0.3, 0.4) is 0 Å². The highest BCUT2D eigenvalue weighted by Gasteiger charge is 2.10. The number of nitrogens with one attached hydrogen (secondary N) is 2. The molecule has 2 aromatic rings. The predicted octanol–water partition coefficient (Wildman–Crippen LogP) is 2.60. The number of rotatable bonds is 5. The lowest BCUT2D eigenvalue weighted by Gasteiger charge is -2.02. The van der Waals surface area contributed by atoms with Crippen LogP contribution in [0.1, 0.15) is 16.8 Å². The van der Waals surface area contributed by atoms with Crippen LogP contribution in [0.4, 0.5) is 0 Å². The second-order valence-electron chi connectivity index (χ2n) is 3.81. The third kappa shape index (κ3) is 2.61. The van der Waals surface area contributed by atoms with Gasteiger partial charge in [-0.15, -0.1) is 0 Å². The molecule has 0 aliphatic rings. The number of azide groups is 1. The number of fused-ring (bicyclic) bond motifs is 1. The Kier molecular flexibility index (Phi) is 3.83. The van der Waals surface area contributed by atoms with Gasteiger partial charge in [-0.3, -0.25) is 4.79 Å². The van der Waals surface area contributed by atoms with E-state index in [1.54, 1.807) is 6.20 Å². The smallest absolute Gasteiger partial charge is 0.253 e. The zero-order chi connectivity index (χ0) is 12.8. The SMILES string of the molecule is [N-]=[N+]=NCCCNC(=O)c1c[nH]c2ccccc12. The van der Waals surface area contributed by atoms with Crippen molar-refractivity contribution in [2.24, 2.45) is 5.11 Å². The standard InChI is InChI=1S/C12H13N5O/c13-17-16-7-3-6-14-12(18)10-8-15-11-5-2-1-4-9(10)11/h1-2,4-5,8,15H,3,6-7H2,(H,14,18). The number of hydrogen-bond donors (Lipinski definition) is 2. The summed E-state index contributed by atoms with van der Waals surface area (Å²) in [6, 6.07) is 7.64. The van der Waals surface area contributed by atoms with Crippen molar-refractivity contribution in [3.63, 3.8) is 0 Å². The van der Waals surface area contributed by atoms with E-state index in [1.165, 1.54) is 0 Å². The number of hydrogen-bond acceptors (Lipinski definition) is 2. The van der Waals surface area contributed by atoms with Gasteiger partial charge in [-0.2, -0.15) is 0 Å². The summed E-state index contributed by atoms with van der Waals surface area (Å²) in [5, 5.41) is 7.11. The van der Waals surface area contributed by atoms with Gasteiger partial charge >= 0.3 is 0 Å². The molecule has 1 heterocycles. The average Bonchev–Trinajstić information content (AvgIpc) is 2.82. The van der Waals surface area contributed by atoms with Crippen LogP contribution in [0, 0.1) is 0 Å². The Morgan fingerprint density at radius 3 is 3.11 bits per heavy atom. The summed E-state index contributed by atoms with van der Waals surface area (Å²) in [7, 11) is 0. The van der Waals surface area contributed by atoms with E-state index in [2.05, 4.69) is 20.3 Å². The molecule has 0 saturated heterocycles. The number of carbonyl (C=O) groups excluding carboxylic acids is 1. The molecular weight excluding hydrogens is 230 g/mol. The van der Waals surface area contributed by atoms with Crippen molar-refractivity contribution in [1.29, 1.82) is 0 Å². The first-order chi connectivity index (χ1) is 8.83. The highest BCUT2D eigenvalue weighted by Crippen LogP contribution is 2.17. The van der Waals surface area contributed by atoms with Crippen LogP contribution >= 0.6 is 0 Å². The normalized spacial score (nSPS) is 10.0. The van der Waals surface area contributed by atoms with E-state index in [0.29, 0.717) is 25.1 Å². The molecule has 6 heteroatoms. The highest BCUT2D eigenvalue weighted by molar-refractivity contribution is 6.06. The minimum absolute atomic E-state index is 0.117. The molecule has 2 N–H and O–H groups in total. The van der Waals surface area contributed by atoms with E-state index in [1.807, 2.05) is 24.3 Å². The molecule has 0 fully saturated rings. The van der Waals surface area contributed by atoms with Gasteiger partial charge in [0.25, 0.3) is 5.91 Å². The monoisotopic (exact) mass is 243 g/mol. The topological polar surface area (TPSA) is 93.7 Å². The van der Waals surface area contributed by atoms with Crippen molar-refractivity contribution in [2.75, 3.05) is 13.1 Å². The van der Waals surface area contributed by atoms with Gasteiger partial charge in [-0.1, -0.05) is 23.3 Å². The minimum atomic E-state index is -0.117. The molecule has 18 heavy (non-hydrogen) atoms. The first kappa shape index (κ1) is 12.0. The van der Waals surface area contributed by atoms with Gasteiger partial charge in [0.1, 0.15) is 0 Å². The highest BCUT2D eigenvalue weighted by atomic mass is 16.1. The fourth-order valence-electron chi connectivity index (χ4n) is 1.75. The van der Waals surface area contributed by atoms with Gasteiger partial charge in [0, 0.05) is 35.1 Å². The summed E-state index contributed by atoms with van der Waals surface area (Å²) in [5.41, 5.74) is 9.69. The number of aromatic nitrogens is 1. The molecule has 0 aliphatic carbocycles. The van der Waals surface area contributed by atoms with E-state index < -0.39 is 0 Å². The van der Waals surface area contributed by atoms with Gasteiger partial charge in [-0.05, 0) is 18.0 Å². The van der Waals surface area contributed by atoms with Crippen LogP contribution in [-0.2, 0) is 0 Å². The molecule has 0 unspecified atom stereocenters. The maximum absolute atomic E-state index is 11.9. The van der Waals surface area contributed by atoms with Crippen molar-refractivity contribution in [3.8, 4) is 0 Å². The Morgan fingerprint density at radius 2 is 2.28 bits per heavy atom. The first-order valence-corrected chi connectivity index (χ1v) is 5.68. The zero-order valence-corrected chi connectivity index (χ0v) is 9.76. The number of carbonyl (C=O) groups is 1. The number of aromatic amines is 1. The molecule has 6 nitrogen and oxygen atoms in total. The van der Waals surface area contributed by atoms with Crippen LogP contribution in [0.2, 0.25) is 0 Å².